The molecule has 0 bridgehead atoms. The number of fused-ring (bicyclic) bond motifs is 1. The van der Waals surface area contributed by atoms with E-state index in [1.165, 1.54) is 0 Å². The van der Waals surface area contributed by atoms with Gasteiger partial charge in [0.05, 0.1) is 17.1 Å². The fraction of sp³-hybridized carbons (Fsp3) is 0.333. The highest BCUT2D eigenvalue weighted by Crippen LogP contribution is 2.27. The number of nitrogens with one attached hydrogen (secondary N) is 2. The van der Waals surface area contributed by atoms with Crippen LogP contribution >= 0.6 is 11.6 Å². The minimum atomic E-state index is -0.655. The number of ether oxygens (including phenoxy) is 1. The Hall–Kier alpha value is -2.53. The smallest absolute Gasteiger partial charge is 0.253 e. The molecule has 0 saturated heterocycles. The fourth-order valence-corrected chi connectivity index (χ4v) is 3.31. The van der Waals surface area contributed by atoms with Crippen LogP contribution in [-0.2, 0) is 11.2 Å². The highest BCUT2D eigenvalue weighted by molar-refractivity contribution is 6.33. The fourth-order valence-electron chi connectivity index (χ4n) is 3.09. The molecule has 1 aliphatic rings. The summed E-state index contributed by atoms with van der Waals surface area (Å²) in [6.45, 7) is 4.16. The number of halogens is 1. The van der Waals surface area contributed by atoms with E-state index < -0.39 is 6.04 Å². The Morgan fingerprint density at radius 3 is 2.56 bits per heavy atom. The van der Waals surface area contributed by atoms with Gasteiger partial charge in [-0.3, -0.25) is 9.59 Å². The molecule has 0 aliphatic carbocycles. The molecular weight excluding hydrogens is 364 g/mol. The van der Waals surface area contributed by atoms with Gasteiger partial charge in [-0.1, -0.05) is 55.8 Å². The van der Waals surface area contributed by atoms with Gasteiger partial charge in [0, 0.05) is 6.42 Å². The summed E-state index contributed by atoms with van der Waals surface area (Å²) in [5.41, 5.74) is 1.50. The number of hydrogen-bond donors (Lipinski definition) is 2. The standard InChI is InChI=1S/C21H23ClN2O3/c1-13(2)19(24-20(25)16-8-4-5-9-17(16)22)21(26)23-12-15-11-14-7-3-6-10-18(14)27-15/h3-10,13,15,19H,11-12H2,1-2H3,(H,23,26)(H,24,25). The van der Waals surface area contributed by atoms with Crippen LogP contribution in [0.4, 0.5) is 0 Å². The van der Waals surface area contributed by atoms with Crippen LogP contribution in [0.15, 0.2) is 48.5 Å². The van der Waals surface area contributed by atoms with Gasteiger partial charge in [0.2, 0.25) is 5.91 Å². The summed E-state index contributed by atoms with van der Waals surface area (Å²) in [5, 5.41) is 6.05. The molecule has 27 heavy (non-hydrogen) atoms. The Balaban J connectivity index is 1.58. The number of hydrogen-bond acceptors (Lipinski definition) is 3. The van der Waals surface area contributed by atoms with E-state index in [0.29, 0.717) is 17.1 Å². The zero-order valence-corrected chi connectivity index (χ0v) is 16.1. The topological polar surface area (TPSA) is 67.4 Å². The summed E-state index contributed by atoms with van der Waals surface area (Å²) in [4.78, 5) is 25.1. The normalized spacial score (nSPS) is 16.4. The lowest BCUT2D eigenvalue weighted by molar-refractivity contribution is -0.124. The van der Waals surface area contributed by atoms with Gasteiger partial charge >= 0.3 is 0 Å². The summed E-state index contributed by atoms with van der Waals surface area (Å²) in [7, 11) is 0. The van der Waals surface area contributed by atoms with Crippen LogP contribution in [0.25, 0.3) is 0 Å². The second-order valence-electron chi connectivity index (χ2n) is 6.97. The van der Waals surface area contributed by atoms with E-state index >= 15 is 0 Å². The summed E-state index contributed by atoms with van der Waals surface area (Å²) in [5.74, 6) is 0.200. The lowest BCUT2D eigenvalue weighted by atomic mass is 10.0. The first-order chi connectivity index (χ1) is 13.0. The first-order valence-electron chi connectivity index (χ1n) is 9.03. The third kappa shape index (κ3) is 4.61. The average Bonchev–Trinajstić information content (AvgIpc) is 3.07. The zero-order chi connectivity index (χ0) is 19.4. The van der Waals surface area contributed by atoms with E-state index in [4.69, 9.17) is 16.3 Å². The van der Waals surface area contributed by atoms with Gasteiger partial charge in [-0.15, -0.1) is 0 Å². The molecule has 1 heterocycles. The number of carbonyl (C=O) groups excluding carboxylic acids is 2. The molecule has 2 unspecified atom stereocenters. The van der Waals surface area contributed by atoms with Gasteiger partial charge in [-0.2, -0.15) is 0 Å². The molecular formula is C21H23ClN2O3. The average molecular weight is 387 g/mol. The second kappa shape index (κ2) is 8.44. The van der Waals surface area contributed by atoms with Crippen LogP contribution in [0.1, 0.15) is 29.8 Å². The van der Waals surface area contributed by atoms with Crippen molar-refractivity contribution in [3.63, 3.8) is 0 Å². The minimum Gasteiger partial charge on any atom is -0.488 e. The predicted octanol–water partition coefficient (Wildman–Crippen LogP) is 3.21. The Kier molecular flexibility index (Phi) is 6.01. The Morgan fingerprint density at radius 2 is 1.85 bits per heavy atom. The highest BCUT2D eigenvalue weighted by atomic mass is 35.5. The quantitative estimate of drug-likeness (QED) is 0.801. The van der Waals surface area contributed by atoms with E-state index in [-0.39, 0.29) is 23.8 Å². The maximum atomic E-state index is 12.7. The number of carbonyl (C=O) groups is 2. The number of rotatable bonds is 6. The van der Waals surface area contributed by atoms with Crippen LogP contribution in [-0.4, -0.2) is 30.5 Å². The highest BCUT2D eigenvalue weighted by Gasteiger charge is 2.28. The van der Waals surface area contributed by atoms with Crippen molar-refractivity contribution >= 4 is 23.4 Å². The maximum absolute atomic E-state index is 12.7. The molecule has 5 nitrogen and oxygen atoms in total. The molecule has 0 aromatic heterocycles. The lowest BCUT2D eigenvalue weighted by Gasteiger charge is -2.23. The van der Waals surface area contributed by atoms with E-state index in [0.717, 1.165) is 17.7 Å². The molecule has 2 N–H and O–H groups in total. The summed E-state index contributed by atoms with van der Waals surface area (Å²) in [6.07, 6.45) is 0.660. The third-order valence-electron chi connectivity index (χ3n) is 4.57. The largest absolute Gasteiger partial charge is 0.488 e. The molecule has 0 spiro atoms. The Bertz CT molecular complexity index is 813. The molecule has 0 saturated carbocycles. The van der Waals surface area contributed by atoms with Crippen molar-refractivity contribution in [2.75, 3.05) is 6.54 Å². The number of para-hydroxylation sites is 1. The minimum absolute atomic E-state index is 0.0712. The van der Waals surface area contributed by atoms with Crippen molar-refractivity contribution in [3.8, 4) is 5.75 Å². The van der Waals surface area contributed by atoms with Gasteiger partial charge < -0.3 is 15.4 Å². The molecule has 142 valence electrons. The molecule has 6 heteroatoms. The van der Waals surface area contributed by atoms with Gasteiger partial charge in [-0.05, 0) is 29.7 Å². The molecule has 0 radical (unpaired) electrons. The van der Waals surface area contributed by atoms with E-state index in [1.54, 1.807) is 24.3 Å². The lowest BCUT2D eigenvalue weighted by Crippen LogP contribution is -2.51. The zero-order valence-electron chi connectivity index (χ0n) is 15.4. The van der Waals surface area contributed by atoms with Gasteiger partial charge in [0.1, 0.15) is 17.9 Å². The van der Waals surface area contributed by atoms with Crippen molar-refractivity contribution in [2.24, 2.45) is 5.92 Å². The summed E-state index contributed by atoms with van der Waals surface area (Å²) >= 11 is 6.08. The van der Waals surface area contributed by atoms with Crippen molar-refractivity contribution in [3.05, 3.63) is 64.7 Å². The van der Waals surface area contributed by atoms with Gasteiger partial charge in [-0.25, -0.2) is 0 Å². The van der Waals surface area contributed by atoms with Crippen molar-refractivity contribution in [1.82, 2.24) is 10.6 Å². The Labute approximate surface area is 164 Å². The van der Waals surface area contributed by atoms with Crippen molar-refractivity contribution in [1.29, 1.82) is 0 Å². The molecule has 2 aromatic rings. The maximum Gasteiger partial charge on any atom is 0.253 e. The van der Waals surface area contributed by atoms with Crippen molar-refractivity contribution < 1.29 is 14.3 Å². The monoisotopic (exact) mass is 386 g/mol. The van der Waals surface area contributed by atoms with Gasteiger partial charge in [0.25, 0.3) is 5.91 Å². The predicted molar refractivity (Wildman–Crippen MR) is 105 cm³/mol. The summed E-state index contributed by atoms with van der Waals surface area (Å²) < 4.78 is 5.84. The first kappa shape index (κ1) is 19.2. The van der Waals surface area contributed by atoms with Gasteiger partial charge in [0.15, 0.2) is 0 Å². The van der Waals surface area contributed by atoms with E-state index in [1.807, 2.05) is 38.1 Å². The van der Waals surface area contributed by atoms with E-state index in [9.17, 15) is 9.59 Å². The number of benzene rings is 2. The van der Waals surface area contributed by atoms with Crippen LogP contribution in [0.3, 0.4) is 0 Å². The SMILES string of the molecule is CC(C)C(NC(=O)c1ccccc1Cl)C(=O)NCC1Cc2ccccc2O1. The Morgan fingerprint density at radius 1 is 1.15 bits per heavy atom. The molecule has 2 amide bonds. The van der Waals surface area contributed by atoms with Crippen LogP contribution < -0.4 is 15.4 Å². The number of amides is 2. The third-order valence-corrected chi connectivity index (χ3v) is 4.90. The molecule has 2 aromatic carbocycles. The summed E-state index contributed by atoms with van der Waals surface area (Å²) in [6, 6.07) is 14.0. The van der Waals surface area contributed by atoms with Crippen LogP contribution in [0, 0.1) is 5.92 Å². The molecule has 0 fully saturated rings. The van der Waals surface area contributed by atoms with Crippen LogP contribution in [0.2, 0.25) is 5.02 Å². The molecule has 1 aliphatic heterocycles. The first-order valence-corrected chi connectivity index (χ1v) is 9.41. The van der Waals surface area contributed by atoms with Crippen molar-refractivity contribution in [2.45, 2.75) is 32.4 Å². The van der Waals surface area contributed by atoms with Crippen LogP contribution in [0.5, 0.6) is 5.75 Å². The molecule has 2 atom stereocenters. The van der Waals surface area contributed by atoms with E-state index in [2.05, 4.69) is 10.6 Å². The molecule has 3 rings (SSSR count). The second-order valence-corrected chi connectivity index (χ2v) is 7.38.